The van der Waals surface area contributed by atoms with Gasteiger partial charge in [0.15, 0.2) is 0 Å². The Balaban J connectivity index is 3.70. The second kappa shape index (κ2) is 3.69. The zero-order valence-electron chi connectivity index (χ0n) is 7.00. The summed E-state index contributed by atoms with van der Waals surface area (Å²) in [4.78, 5) is 10.3. The quantitative estimate of drug-likeness (QED) is 0.558. The lowest BCUT2D eigenvalue weighted by molar-refractivity contribution is -0.149. The molecule has 0 spiro atoms. The van der Waals surface area contributed by atoms with Gasteiger partial charge >= 0.3 is 5.97 Å². The van der Waals surface area contributed by atoms with Crippen LogP contribution in [0.2, 0.25) is 0 Å². The molecule has 0 aromatic heterocycles. The lowest BCUT2D eigenvalue weighted by Gasteiger charge is -2.23. The van der Waals surface area contributed by atoms with Crippen LogP contribution in [-0.4, -0.2) is 34.5 Å². The molecule has 0 heterocycles. The predicted molar refractivity (Wildman–Crippen MR) is 38.9 cm³/mol. The number of carbonyl (C=O) groups is 1. The standard InChI is InChI=1S/C7H14O4/c1-5(8)11-4-6(9)7(2,3)10/h6,9-10H,4H2,1-3H3/t6-/m0/s1. The Morgan fingerprint density at radius 2 is 2.09 bits per heavy atom. The average molecular weight is 162 g/mol. The molecule has 0 aliphatic heterocycles. The van der Waals surface area contributed by atoms with Crippen LogP contribution in [0.4, 0.5) is 0 Å². The summed E-state index contributed by atoms with van der Waals surface area (Å²) < 4.78 is 4.48. The summed E-state index contributed by atoms with van der Waals surface area (Å²) in [5, 5.41) is 18.3. The van der Waals surface area contributed by atoms with Crippen LogP contribution in [-0.2, 0) is 9.53 Å². The molecule has 11 heavy (non-hydrogen) atoms. The second-order valence-corrected chi connectivity index (χ2v) is 2.97. The van der Waals surface area contributed by atoms with Crippen LogP contribution in [0.1, 0.15) is 20.8 Å². The van der Waals surface area contributed by atoms with Crippen molar-refractivity contribution in [1.29, 1.82) is 0 Å². The minimum atomic E-state index is -1.23. The number of hydrogen-bond donors (Lipinski definition) is 2. The van der Waals surface area contributed by atoms with Crippen molar-refractivity contribution in [2.24, 2.45) is 0 Å². The molecule has 66 valence electrons. The summed E-state index contributed by atoms with van der Waals surface area (Å²) in [5.41, 5.74) is -1.23. The molecule has 0 fully saturated rings. The van der Waals surface area contributed by atoms with Crippen LogP contribution >= 0.6 is 0 Å². The largest absolute Gasteiger partial charge is 0.463 e. The molecule has 0 rings (SSSR count). The summed E-state index contributed by atoms with van der Waals surface area (Å²) in [6.07, 6.45) is -1.04. The Morgan fingerprint density at radius 3 is 2.36 bits per heavy atom. The van der Waals surface area contributed by atoms with Crippen LogP contribution in [0.15, 0.2) is 0 Å². The van der Waals surface area contributed by atoms with Crippen LogP contribution in [0.25, 0.3) is 0 Å². The maximum absolute atomic E-state index is 10.3. The first-order valence-corrected chi connectivity index (χ1v) is 3.38. The van der Waals surface area contributed by atoms with Gasteiger partial charge in [0.1, 0.15) is 12.7 Å². The third-order valence-electron chi connectivity index (χ3n) is 1.26. The van der Waals surface area contributed by atoms with E-state index in [1.165, 1.54) is 20.8 Å². The Labute approximate surface area is 65.8 Å². The first-order chi connectivity index (χ1) is 4.84. The van der Waals surface area contributed by atoms with Gasteiger partial charge in [-0.15, -0.1) is 0 Å². The van der Waals surface area contributed by atoms with Gasteiger partial charge in [-0.3, -0.25) is 4.79 Å². The molecule has 2 N–H and O–H groups in total. The van der Waals surface area contributed by atoms with Gasteiger partial charge in [-0.2, -0.15) is 0 Å². The molecule has 0 unspecified atom stereocenters. The minimum Gasteiger partial charge on any atom is -0.463 e. The Morgan fingerprint density at radius 1 is 1.64 bits per heavy atom. The highest BCUT2D eigenvalue weighted by atomic mass is 16.5. The van der Waals surface area contributed by atoms with E-state index in [1.807, 2.05) is 0 Å². The predicted octanol–water partition coefficient (Wildman–Crippen LogP) is -0.319. The first-order valence-electron chi connectivity index (χ1n) is 3.38. The van der Waals surface area contributed by atoms with E-state index in [-0.39, 0.29) is 6.61 Å². The van der Waals surface area contributed by atoms with E-state index in [4.69, 9.17) is 10.2 Å². The van der Waals surface area contributed by atoms with Gasteiger partial charge in [-0.1, -0.05) is 0 Å². The van der Waals surface area contributed by atoms with E-state index in [2.05, 4.69) is 4.74 Å². The summed E-state index contributed by atoms with van der Waals surface area (Å²) >= 11 is 0. The smallest absolute Gasteiger partial charge is 0.302 e. The van der Waals surface area contributed by atoms with Crippen LogP contribution in [0, 0.1) is 0 Å². The van der Waals surface area contributed by atoms with Crippen molar-refractivity contribution in [1.82, 2.24) is 0 Å². The zero-order valence-corrected chi connectivity index (χ0v) is 7.00. The van der Waals surface area contributed by atoms with E-state index < -0.39 is 17.7 Å². The fourth-order valence-electron chi connectivity index (χ4n) is 0.400. The Bertz CT molecular complexity index is 136. The van der Waals surface area contributed by atoms with Crippen molar-refractivity contribution in [3.8, 4) is 0 Å². The zero-order chi connectivity index (χ0) is 9.07. The topological polar surface area (TPSA) is 66.8 Å². The van der Waals surface area contributed by atoms with Crippen LogP contribution in [0.5, 0.6) is 0 Å². The Hall–Kier alpha value is -0.610. The number of aliphatic hydroxyl groups is 2. The highest BCUT2D eigenvalue weighted by molar-refractivity contribution is 5.65. The summed E-state index contributed by atoms with van der Waals surface area (Å²) in [7, 11) is 0. The summed E-state index contributed by atoms with van der Waals surface area (Å²) in [5.74, 6) is -0.465. The van der Waals surface area contributed by atoms with Gasteiger partial charge in [0, 0.05) is 6.92 Å². The third kappa shape index (κ3) is 4.75. The fourth-order valence-corrected chi connectivity index (χ4v) is 0.400. The van der Waals surface area contributed by atoms with Crippen molar-refractivity contribution < 1.29 is 19.7 Å². The van der Waals surface area contributed by atoms with E-state index in [0.717, 1.165) is 0 Å². The Kier molecular flexibility index (Phi) is 3.48. The molecule has 0 aromatic rings. The van der Waals surface area contributed by atoms with Gasteiger partial charge in [0.25, 0.3) is 0 Å². The summed E-state index contributed by atoms with van der Waals surface area (Å²) in [6, 6.07) is 0. The van der Waals surface area contributed by atoms with Gasteiger partial charge in [-0.05, 0) is 13.8 Å². The molecule has 0 radical (unpaired) electrons. The van der Waals surface area contributed by atoms with Crippen molar-refractivity contribution in [3.05, 3.63) is 0 Å². The lowest BCUT2D eigenvalue weighted by Crippen LogP contribution is -2.39. The SMILES string of the molecule is CC(=O)OC[C@H](O)C(C)(C)O. The van der Waals surface area contributed by atoms with Crippen LogP contribution < -0.4 is 0 Å². The third-order valence-corrected chi connectivity index (χ3v) is 1.26. The van der Waals surface area contributed by atoms with E-state index in [1.54, 1.807) is 0 Å². The molecule has 0 aromatic carbocycles. The minimum absolute atomic E-state index is 0.168. The van der Waals surface area contributed by atoms with E-state index >= 15 is 0 Å². The molecule has 0 aliphatic rings. The molecule has 0 aliphatic carbocycles. The molecule has 0 saturated carbocycles. The molecule has 1 atom stereocenters. The van der Waals surface area contributed by atoms with Gasteiger partial charge in [0.2, 0.25) is 0 Å². The molecule has 4 heteroatoms. The van der Waals surface area contributed by atoms with Crippen molar-refractivity contribution in [2.45, 2.75) is 32.5 Å². The van der Waals surface area contributed by atoms with Gasteiger partial charge in [-0.25, -0.2) is 0 Å². The molecule has 0 saturated heterocycles. The normalized spacial score (nSPS) is 14.3. The van der Waals surface area contributed by atoms with E-state index in [0.29, 0.717) is 0 Å². The molecular weight excluding hydrogens is 148 g/mol. The van der Waals surface area contributed by atoms with Crippen molar-refractivity contribution >= 4 is 5.97 Å². The van der Waals surface area contributed by atoms with Gasteiger partial charge < -0.3 is 14.9 Å². The van der Waals surface area contributed by atoms with Crippen molar-refractivity contribution in [2.75, 3.05) is 6.61 Å². The lowest BCUT2D eigenvalue weighted by atomic mass is 10.0. The molecule has 0 amide bonds. The van der Waals surface area contributed by atoms with Crippen LogP contribution in [0.3, 0.4) is 0 Å². The number of aliphatic hydroxyl groups excluding tert-OH is 1. The van der Waals surface area contributed by atoms with Gasteiger partial charge in [0.05, 0.1) is 5.60 Å². The maximum atomic E-state index is 10.3. The number of hydrogen-bond acceptors (Lipinski definition) is 4. The fraction of sp³-hybridized carbons (Fsp3) is 0.857. The number of ether oxygens (including phenoxy) is 1. The molecule has 4 nitrogen and oxygen atoms in total. The van der Waals surface area contributed by atoms with E-state index in [9.17, 15) is 4.79 Å². The molecule has 0 bridgehead atoms. The molecular formula is C7H14O4. The number of esters is 1. The highest BCUT2D eigenvalue weighted by Crippen LogP contribution is 2.07. The maximum Gasteiger partial charge on any atom is 0.302 e. The first kappa shape index (κ1) is 10.4. The number of rotatable bonds is 3. The highest BCUT2D eigenvalue weighted by Gasteiger charge is 2.25. The second-order valence-electron chi connectivity index (χ2n) is 2.97. The number of carbonyl (C=O) groups excluding carboxylic acids is 1. The van der Waals surface area contributed by atoms with Crippen molar-refractivity contribution in [3.63, 3.8) is 0 Å². The monoisotopic (exact) mass is 162 g/mol. The summed E-state index contributed by atoms with van der Waals surface area (Å²) in [6.45, 7) is 3.97. The average Bonchev–Trinajstić information content (AvgIpc) is 1.80.